The third-order valence-electron chi connectivity index (χ3n) is 5.17. The van der Waals surface area contributed by atoms with Crippen molar-refractivity contribution in [1.82, 2.24) is 9.88 Å². The van der Waals surface area contributed by atoms with Gasteiger partial charge >= 0.3 is 0 Å². The Bertz CT molecular complexity index is 718. The van der Waals surface area contributed by atoms with Crippen molar-refractivity contribution in [2.75, 3.05) is 26.0 Å². The van der Waals surface area contributed by atoms with Crippen LogP contribution >= 0.6 is 11.3 Å². The van der Waals surface area contributed by atoms with Crippen molar-refractivity contribution >= 4 is 16.5 Å². The van der Waals surface area contributed by atoms with E-state index in [0.717, 1.165) is 34.2 Å². The topological polar surface area (TPSA) is 37.4 Å². The van der Waals surface area contributed by atoms with Crippen LogP contribution in [0.1, 0.15) is 42.2 Å². The number of hydrogen-bond donors (Lipinski definition) is 1. The number of anilines is 1. The van der Waals surface area contributed by atoms with Crippen LogP contribution in [0.5, 0.6) is 5.75 Å². The first kappa shape index (κ1) is 18.2. The van der Waals surface area contributed by atoms with Crippen LogP contribution in [-0.2, 0) is 6.54 Å². The minimum absolute atomic E-state index is 0.715. The van der Waals surface area contributed by atoms with E-state index < -0.39 is 0 Å². The van der Waals surface area contributed by atoms with E-state index in [2.05, 4.69) is 43.1 Å². The summed E-state index contributed by atoms with van der Waals surface area (Å²) in [5, 5.41) is 4.21. The van der Waals surface area contributed by atoms with Gasteiger partial charge in [0.2, 0.25) is 0 Å². The fourth-order valence-electron chi connectivity index (χ4n) is 3.95. The molecule has 1 aliphatic rings. The Kier molecular flexibility index (Phi) is 5.64. The highest BCUT2D eigenvalue weighted by molar-refractivity contribution is 7.16. The van der Waals surface area contributed by atoms with Gasteiger partial charge in [-0.05, 0) is 62.9 Å². The molecule has 1 atom stereocenters. The molecule has 3 rings (SSSR count). The number of nitrogens with one attached hydrogen (secondary N) is 1. The summed E-state index contributed by atoms with van der Waals surface area (Å²) in [6.07, 6.45) is 3.87. The molecule has 0 radical (unpaired) electrons. The molecule has 1 aromatic heterocycles. The van der Waals surface area contributed by atoms with Crippen molar-refractivity contribution in [3.05, 3.63) is 28.1 Å². The van der Waals surface area contributed by atoms with Gasteiger partial charge in [-0.3, -0.25) is 4.90 Å². The third-order valence-corrected chi connectivity index (χ3v) is 6.22. The predicted octanol–water partition coefficient (Wildman–Crippen LogP) is 4.85. The van der Waals surface area contributed by atoms with Gasteiger partial charge in [0.15, 0.2) is 5.13 Å². The molecule has 1 fully saturated rings. The van der Waals surface area contributed by atoms with Gasteiger partial charge in [0.25, 0.3) is 0 Å². The molecule has 1 saturated heterocycles. The van der Waals surface area contributed by atoms with Gasteiger partial charge in [0.05, 0.1) is 12.8 Å². The Balaban J connectivity index is 1.97. The molecule has 4 nitrogen and oxygen atoms in total. The molecule has 1 aromatic carbocycles. The molecule has 0 saturated carbocycles. The molecule has 2 heterocycles. The van der Waals surface area contributed by atoms with Crippen LogP contribution < -0.4 is 10.1 Å². The summed E-state index contributed by atoms with van der Waals surface area (Å²) in [6, 6.07) is 5.11. The van der Waals surface area contributed by atoms with E-state index in [0.29, 0.717) is 6.04 Å². The van der Waals surface area contributed by atoms with Crippen LogP contribution in [0.2, 0.25) is 0 Å². The Hall–Kier alpha value is -1.59. The number of thiazole rings is 1. The molecule has 0 spiro atoms. The molecule has 25 heavy (non-hydrogen) atoms. The molecule has 0 aliphatic carbocycles. The SMILES string of the molecule is CCC1CCCN1Cc1sc(NC)nc1-c1cc(C)c(OC)c(C)c1. The minimum Gasteiger partial charge on any atom is -0.496 e. The zero-order valence-corrected chi connectivity index (χ0v) is 16.8. The lowest BCUT2D eigenvalue weighted by atomic mass is 10.0. The van der Waals surface area contributed by atoms with Gasteiger partial charge in [-0.1, -0.05) is 6.92 Å². The molecular formula is C20H29N3OS. The second-order valence-electron chi connectivity index (χ2n) is 6.86. The Morgan fingerprint density at radius 3 is 2.64 bits per heavy atom. The van der Waals surface area contributed by atoms with Crippen molar-refractivity contribution in [3.63, 3.8) is 0 Å². The Morgan fingerprint density at radius 2 is 2.04 bits per heavy atom. The summed E-state index contributed by atoms with van der Waals surface area (Å²) in [4.78, 5) is 8.85. The van der Waals surface area contributed by atoms with Gasteiger partial charge in [-0.2, -0.15) is 0 Å². The van der Waals surface area contributed by atoms with E-state index in [1.54, 1.807) is 18.4 Å². The first-order valence-corrected chi connectivity index (χ1v) is 9.96. The average molecular weight is 360 g/mol. The fraction of sp³-hybridized carbons (Fsp3) is 0.550. The number of hydrogen-bond acceptors (Lipinski definition) is 5. The van der Waals surface area contributed by atoms with Crippen LogP contribution in [-0.4, -0.2) is 36.6 Å². The van der Waals surface area contributed by atoms with E-state index in [9.17, 15) is 0 Å². The first-order chi connectivity index (χ1) is 12.1. The highest BCUT2D eigenvalue weighted by Gasteiger charge is 2.25. The first-order valence-electron chi connectivity index (χ1n) is 9.14. The number of aromatic nitrogens is 1. The molecule has 1 aliphatic heterocycles. The highest BCUT2D eigenvalue weighted by Crippen LogP contribution is 2.36. The summed E-state index contributed by atoms with van der Waals surface area (Å²) >= 11 is 1.78. The van der Waals surface area contributed by atoms with E-state index in [1.807, 2.05) is 7.05 Å². The maximum absolute atomic E-state index is 5.52. The summed E-state index contributed by atoms with van der Waals surface area (Å²) in [5.74, 6) is 0.972. The minimum atomic E-state index is 0.715. The molecular weight excluding hydrogens is 330 g/mol. The van der Waals surface area contributed by atoms with E-state index >= 15 is 0 Å². The monoisotopic (exact) mass is 359 g/mol. The zero-order chi connectivity index (χ0) is 18.0. The number of nitrogens with zero attached hydrogens (tertiary/aromatic N) is 2. The van der Waals surface area contributed by atoms with Crippen LogP contribution in [0.15, 0.2) is 12.1 Å². The molecule has 5 heteroatoms. The van der Waals surface area contributed by atoms with Gasteiger partial charge in [-0.25, -0.2) is 4.98 Å². The van der Waals surface area contributed by atoms with Gasteiger partial charge in [-0.15, -0.1) is 11.3 Å². The molecule has 0 amide bonds. The lowest BCUT2D eigenvalue weighted by molar-refractivity contribution is 0.242. The van der Waals surface area contributed by atoms with E-state index in [4.69, 9.17) is 9.72 Å². The van der Waals surface area contributed by atoms with Crippen molar-refractivity contribution in [1.29, 1.82) is 0 Å². The predicted molar refractivity (Wildman–Crippen MR) is 107 cm³/mol. The number of benzene rings is 1. The van der Waals surface area contributed by atoms with E-state index in [-0.39, 0.29) is 0 Å². The van der Waals surface area contributed by atoms with Crippen molar-refractivity contribution in [2.24, 2.45) is 0 Å². The molecule has 0 bridgehead atoms. The summed E-state index contributed by atoms with van der Waals surface area (Å²) < 4.78 is 5.52. The lowest BCUT2D eigenvalue weighted by Crippen LogP contribution is -2.28. The van der Waals surface area contributed by atoms with E-state index in [1.165, 1.54) is 36.2 Å². The van der Waals surface area contributed by atoms with Gasteiger partial charge in [0, 0.05) is 30.1 Å². The number of ether oxygens (including phenoxy) is 1. The van der Waals surface area contributed by atoms with Gasteiger partial charge < -0.3 is 10.1 Å². The number of aryl methyl sites for hydroxylation is 2. The maximum atomic E-state index is 5.52. The standard InChI is InChI=1S/C20H29N3OS/c1-6-16-8-7-9-23(16)12-17-18(22-20(21-4)25-17)15-10-13(2)19(24-5)14(3)11-15/h10-11,16H,6-9,12H2,1-5H3,(H,21,22). The smallest absolute Gasteiger partial charge is 0.183 e. The second kappa shape index (κ2) is 7.75. The molecule has 1 unspecified atom stereocenters. The quantitative estimate of drug-likeness (QED) is 0.800. The van der Waals surface area contributed by atoms with Crippen LogP contribution in [0, 0.1) is 13.8 Å². The Labute approximate surface area is 155 Å². The number of methoxy groups -OCH3 is 1. The van der Waals surface area contributed by atoms with Crippen LogP contribution in [0.4, 0.5) is 5.13 Å². The largest absolute Gasteiger partial charge is 0.496 e. The number of likely N-dealkylation sites (tertiary alicyclic amines) is 1. The summed E-state index contributed by atoms with van der Waals surface area (Å²) in [6.45, 7) is 8.70. The van der Waals surface area contributed by atoms with Crippen molar-refractivity contribution in [3.8, 4) is 17.0 Å². The normalized spacial score (nSPS) is 17.9. The highest BCUT2D eigenvalue weighted by atomic mass is 32.1. The fourth-order valence-corrected chi connectivity index (χ4v) is 4.91. The number of rotatable bonds is 6. The summed E-state index contributed by atoms with van der Waals surface area (Å²) in [7, 11) is 3.68. The van der Waals surface area contributed by atoms with Crippen LogP contribution in [0.3, 0.4) is 0 Å². The van der Waals surface area contributed by atoms with Crippen LogP contribution in [0.25, 0.3) is 11.3 Å². The summed E-state index contributed by atoms with van der Waals surface area (Å²) in [5.41, 5.74) is 4.63. The maximum Gasteiger partial charge on any atom is 0.183 e. The van der Waals surface area contributed by atoms with Crippen molar-refractivity contribution in [2.45, 2.75) is 52.6 Å². The lowest BCUT2D eigenvalue weighted by Gasteiger charge is -2.23. The van der Waals surface area contributed by atoms with Crippen molar-refractivity contribution < 1.29 is 4.74 Å². The Morgan fingerprint density at radius 1 is 1.32 bits per heavy atom. The zero-order valence-electron chi connectivity index (χ0n) is 16.0. The molecule has 1 N–H and O–H groups in total. The average Bonchev–Trinajstić information content (AvgIpc) is 3.21. The molecule has 136 valence electrons. The third kappa shape index (κ3) is 3.67. The molecule has 2 aromatic rings. The second-order valence-corrected chi connectivity index (χ2v) is 7.94. The van der Waals surface area contributed by atoms with Gasteiger partial charge in [0.1, 0.15) is 5.75 Å².